The van der Waals surface area contributed by atoms with E-state index in [9.17, 15) is 4.79 Å². The first kappa shape index (κ1) is 11.5. The molecular weight excluding hydrogens is 224 g/mol. The molecule has 0 N–H and O–H groups in total. The summed E-state index contributed by atoms with van der Waals surface area (Å²) in [5.74, 6) is -0.327. The van der Waals surface area contributed by atoms with Gasteiger partial charge in [0, 0.05) is 5.33 Å². The number of hydrogen-bond donors (Lipinski definition) is 0. The number of carbonyl (C=O) groups excluding carboxylic acids is 1. The van der Waals surface area contributed by atoms with E-state index in [0.29, 0.717) is 18.6 Å². The van der Waals surface area contributed by atoms with Gasteiger partial charge in [-0.1, -0.05) is 22.9 Å². The van der Waals surface area contributed by atoms with Crippen LogP contribution in [0.15, 0.2) is 11.8 Å². The number of methoxy groups -OCH3 is 1. The van der Waals surface area contributed by atoms with E-state index < -0.39 is 0 Å². The van der Waals surface area contributed by atoms with Crippen molar-refractivity contribution in [2.24, 2.45) is 0 Å². The number of rotatable bonds is 5. The molecule has 0 radical (unpaired) electrons. The van der Waals surface area contributed by atoms with Crippen LogP contribution >= 0.6 is 15.9 Å². The summed E-state index contributed by atoms with van der Waals surface area (Å²) in [5.41, 5.74) is 0.554. The van der Waals surface area contributed by atoms with Crippen molar-refractivity contribution in [2.45, 2.75) is 13.3 Å². The zero-order chi connectivity index (χ0) is 9.40. The molecular formula is C8H13BrO3. The lowest BCUT2D eigenvalue weighted by Crippen LogP contribution is -2.04. The lowest BCUT2D eigenvalue weighted by Gasteiger charge is -2.02. The van der Waals surface area contributed by atoms with Crippen LogP contribution < -0.4 is 0 Å². The van der Waals surface area contributed by atoms with Crippen molar-refractivity contribution in [2.75, 3.05) is 19.0 Å². The summed E-state index contributed by atoms with van der Waals surface area (Å²) in [7, 11) is 1.36. The molecule has 0 saturated carbocycles. The Kier molecular flexibility index (Phi) is 6.85. The summed E-state index contributed by atoms with van der Waals surface area (Å²) in [6, 6.07) is 0. The highest BCUT2D eigenvalue weighted by molar-refractivity contribution is 9.09. The Hall–Kier alpha value is -0.510. The second-order valence-electron chi connectivity index (χ2n) is 2.05. The van der Waals surface area contributed by atoms with Crippen molar-refractivity contribution in [3.8, 4) is 0 Å². The fourth-order valence-electron chi connectivity index (χ4n) is 0.611. The molecule has 0 aliphatic rings. The van der Waals surface area contributed by atoms with Gasteiger partial charge in [-0.2, -0.15) is 0 Å². The van der Waals surface area contributed by atoms with Crippen LogP contribution in [0.5, 0.6) is 0 Å². The lowest BCUT2D eigenvalue weighted by atomic mass is 10.2. The molecule has 0 aliphatic carbocycles. The number of alkyl halides is 1. The Morgan fingerprint density at radius 2 is 2.25 bits per heavy atom. The van der Waals surface area contributed by atoms with Gasteiger partial charge in [0.15, 0.2) is 0 Å². The quantitative estimate of drug-likeness (QED) is 0.241. The van der Waals surface area contributed by atoms with E-state index in [2.05, 4.69) is 20.7 Å². The summed E-state index contributed by atoms with van der Waals surface area (Å²) < 4.78 is 9.58. The van der Waals surface area contributed by atoms with Gasteiger partial charge in [-0.15, -0.1) is 0 Å². The third kappa shape index (κ3) is 4.38. The van der Waals surface area contributed by atoms with Crippen molar-refractivity contribution in [1.82, 2.24) is 0 Å². The average Bonchev–Trinajstić information content (AvgIpc) is 2.11. The molecule has 0 aromatic heterocycles. The largest absolute Gasteiger partial charge is 0.500 e. The Labute approximate surface area is 80.9 Å². The second kappa shape index (κ2) is 7.16. The molecule has 0 heterocycles. The van der Waals surface area contributed by atoms with E-state index in [4.69, 9.17) is 4.74 Å². The molecule has 3 nitrogen and oxygen atoms in total. The third-order valence-corrected chi connectivity index (χ3v) is 1.57. The van der Waals surface area contributed by atoms with Crippen LogP contribution in [0.1, 0.15) is 13.3 Å². The van der Waals surface area contributed by atoms with Gasteiger partial charge in [-0.3, -0.25) is 0 Å². The van der Waals surface area contributed by atoms with E-state index in [1.807, 2.05) is 6.92 Å². The highest BCUT2D eigenvalue weighted by Gasteiger charge is 2.06. The predicted octanol–water partition coefficient (Wildman–Crippen LogP) is 1.86. The maximum atomic E-state index is 11.0. The molecule has 4 heteroatoms. The van der Waals surface area contributed by atoms with Crippen LogP contribution in [0.3, 0.4) is 0 Å². The number of halogens is 1. The average molecular weight is 237 g/mol. The monoisotopic (exact) mass is 236 g/mol. The van der Waals surface area contributed by atoms with Crippen LogP contribution in [0.4, 0.5) is 0 Å². The van der Waals surface area contributed by atoms with Crippen LogP contribution in [0.25, 0.3) is 0 Å². The molecule has 0 rings (SSSR count). The third-order valence-electron chi connectivity index (χ3n) is 1.25. The second-order valence-corrected chi connectivity index (χ2v) is 2.84. The van der Waals surface area contributed by atoms with Crippen molar-refractivity contribution < 1.29 is 14.3 Å². The van der Waals surface area contributed by atoms with Gasteiger partial charge in [0.1, 0.15) is 0 Å². The molecule has 70 valence electrons. The summed E-state index contributed by atoms with van der Waals surface area (Å²) >= 11 is 3.21. The van der Waals surface area contributed by atoms with Gasteiger partial charge in [-0.05, 0) is 6.42 Å². The van der Waals surface area contributed by atoms with Gasteiger partial charge >= 0.3 is 5.97 Å². The fourth-order valence-corrected chi connectivity index (χ4v) is 0.798. The summed E-state index contributed by atoms with van der Waals surface area (Å²) in [5, 5.41) is 0.752. The van der Waals surface area contributed by atoms with Crippen molar-refractivity contribution in [3.05, 3.63) is 11.8 Å². The molecule has 0 amide bonds. The van der Waals surface area contributed by atoms with E-state index in [-0.39, 0.29) is 5.97 Å². The van der Waals surface area contributed by atoms with Crippen LogP contribution in [-0.2, 0) is 14.3 Å². The first-order chi connectivity index (χ1) is 5.76. The topological polar surface area (TPSA) is 35.5 Å². The number of ether oxygens (including phenoxy) is 2. The van der Waals surface area contributed by atoms with Crippen molar-refractivity contribution in [3.63, 3.8) is 0 Å². The Morgan fingerprint density at radius 3 is 2.67 bits per heavy atom. The highest BCUT2D eigenvalue weighted by atomic mass is 79.9. The van der Waals surface area contributed by atoms with Crippen LogP contribution in [0, 0.1) is 0 Å². The minimum absolute atomic E-state index is 0.327. The molecule has 0 saturated heterocycles. The fraction of sp³-hybridized carbons (Fsp3) is 0.625. The van der Waals surface area contributed by atoms with Gasteiger partial charge in [0.2, 0.25) is 0 Å². The molecule has 0 atom stereocenters. The predicted molar refractivity (Wildman–Crippen MR) is 50.1 cm³/mol. The zero-order valence-electron chi connectivity index (χ0n) is 7.30. The highest BCUT2D eigenvalue weighted by Crippen LogP contribution is 2.03. The Bertz CT molecular complexity index is 166. The minimum Gasteiger partial charge on any atom is -0.500 e. The van der Waals surface area contributed by atoms with E-state index in [1.54, 1.807) is 0 Å². The molecule has 0 spiro atoms. The Morgan fingerprint density at radius 1 is 1.58 bits per heavy atom. The van der Waals surface area contributed by atoms with E-state index >= 15 is 0 Å². The normalized spacial score (nSPS) is 11.1. The van der Waals surface area contributed by atoms with Gasteiger partial charge < -0.3 is 9.47 Å². The van der Waals surface area contributed by atoms with Gasteiger partial charge in [0.25, 0.3) is 0 Å². The van der Waals surface area contributed by atoms with Gasteiger partial charge in [0.05, 0.1) is 25.6 Å². The first-order valence-electron chi connectivity index (χ1n) is 3.71. The molecule has 0 aromatic rings. The molecule has 0 bridgehead atoms. The zero-order valence-corrected chi connectivity index (χ0v) is 8.89. The van der Waals surface area contributed by atoms with Gasteiger partial charge in [-0.25, -0.2) is 4.79 Å². The summed E-state index contributed by atoms with van der Waals surface area (Å²) in [4.78, 5) is 11.0. The van der Waals surface area contributed by atoms with Crippen molar-refractivity contribution >= 4 is 21.9 Å². The minimum atomic E-state index is -0.327. The number of carbonyl (C=O) groups is 1. The lowest BCUT2D eigenvalue weighted by molar-refractivity contribution is -0.136. The van der Waals surface area contributed by atoms with Crippen LogP contribution in [0.2, 0.25) is 0 Å². The molecule has 0 aromatic carbocycles. The maximum Gasteiger partial charge on any atom is 0.336 e. The maximum absolute atomic E-state index is 11.0. The molecule has 0 fully saturated rings. The molecule has 12 heavy (non-hydrogen) atoms. The smallest absolute Gasteiger partial charge is 0.336 e. The molecule has 0 unspecified atom stereocenters. The number of esters is 1. The van der Waals surface area contributed by atoms with Crippen LogP contribution in [-0.4, -0.2) is 25.0 Å². The Balaban J connectivity index is 3.95. The first-order valence-corrected chi connectivity index (χ1v) is 4.83. The summed E-state index contributed by atoms with van der Waals surface area (Å²) in [6.45, 7) is 2.43. The summed E-state index contributed by atoms with van der Waals surface area (Å²) in [6.07, 6.45) is 2.07. The van der Waals surface area contributed by atoms with Crippen molar-refractivity contribution in [1.29, 1.82) is 0 Å². The number of hydrogen-bond acceptors (Lipinski definition) is 3. The molecule has 0 aliphatic heterocycles. The van der Waals surface area contributed by atoms with E-state index in [0.717, 1.165) is 5.33 Å². The SMILES string of the molecule is CC/C(=C\OCCBr)C(=O)OC. The van der Waals surface area contributed by atoms with E-state index in [1.165, 1.54) is 13.4 Å². The standard InChI is InChI=1S/C8H13BrO3/c1-3-7(8(10)11-2)6-12-5-4-9/h6H,3-5H2,1-2H3/b7-6+.